The van der Waals surface area contributed by atoms with Crippen LogP contribution in [-0.4, -0.2) is 6.29 Å². The topological polar surface area (TPSA) is 17.1 Å². The summed E-state index contributed by atoms with van der Waals surface area (Å²) in [7, 11) is 0. The molecule has 0 N–H and O–H groups in total. The zero-order valence-corrected chi connectivity index (χ0v) is 6.34. The highest BCUT2D eigenvalue weighted by Gasteiger charge is 1.78. The van der Waals surface area contributed by atoms with E-state index in [9.17, 15) is 4.79 Å². The lowest BCUT2D eigenvalue weighted by atomic mass is 10.2. The molecule has 1 radical (unpaired) electrons. The number of unbranched alkanes of at least 4 members (excludes halogenated alkanes) is 2. The summed E-state index contributed by atoms with van der Waals surface area (Å²) in [6.45, 7) is 2.01. The van der Waals surface area contributed by atoms with E-state index < -0.39 is 0 Å². The fourth-order valence-corrected chi connectivity index (χ4v) is 0.652. The maximum absolute atomic E-state index is 9.67. The molecule has 0 bridgehead atoms. The second kappa shape index (κ2) is 8.15. The van der Waals surface area contributed by atoms with Gasteiger partial charge < -0.3 is 0 Å². The first-order chi connectivity index (χ1) is 4.91. The van der Waals surface area contributed by atoms with Crippen LogP contribution >= 0.6 is 0 Å². The molecule has 0 unspecified atom stereocenters. The van der Waals surface area contributed by atoms with Crippen LogP contribution in [0.3, 0.4) is 0 Å². The predicted molar refractivity (Wildman–Crippen MR) is 43.5 cm³/mol. The molecule has 0 amide bonds. The monoisotopic (exact) mass is 137 g/mol. The fraction of sp³-hybridized carbons (Fsp3) is 0.444. The van der Waals surface area contributed by atoms with Crippen molar-refractivity contribution in [2.24, 2.45) is 0 Å². The van der Waals surface area contributed by atoms with Crippen LogP contribution in [0.4, 0.5) is 0 Å². The summed E-state index contributed by atoms with van der Waals surface area (Å²) in [6, 6.07) is 0. The van der Waals surface area contributed by atoms with Crippen LogP contribution in [0.2, 0.25) is 0 Å². The first-order valence-electron chi connectivity index (χ1n) is 3.55. The largest absolute Gasteiger partial charge is 0.286 e. The Bertz CT molecular complexity index is 123. The lowest BCUT2D eigenvalue weighted by Gasteiger charge is -1.86. The van der Waals surface area contributed by atoms with Crippen molar-refractivity contribution in [3.05, 3.63) is 24.3 Å². The third kappa shape index (κ3) is 7.15. The third-order valence-electron chi connectivity index (χ3n) is 1.16. The van der Waals surface area contributed by atoms with Gasteiger partial charge in [0, 0.05) is 0 Å². The molecule has 1 heteroatoms. The van der Waals surface area contributed by atoms with Gasteiger partial charge in [-0.1, -0.05) is 18.2 Å². The van der Waals surface area contributed by atoms with Crippen molar-refractivity contribution in [3.63, 3.8) is 0 Å². The Labute approximate surface area is 62.4 Å². The SMILES string of the molecule is C/C=C/CCC/C=C/[C]=O. The van der Waals surface area contributed by atoms with E-state index in [2.05, 4.69) is 6.08 Å². The van der Waals surface area contributed by atoms with Crippen LogP contribution in [0.25, 0.3) is 0 Å². The van der Waals surface area contributed by atoms with Gasteiger partial charge >= 0.3 is 0 Å². The van der Waals surface area contributed by atoms with E-state index >= 15 is 0 Å². The molecule has 0 aliphatic rings. The van der Waals surface area contributed by atoms with Crippen molar-refractivity contribution in [1.29, 1.82) is 0 Å². The molecule has 0 spiro atoms. The second-order valence-electron chi connectivity index (χ2n) is 2.02. The molecule has 0 saturated heterocycles. The van der Waals surface area contributed by atoms with Gasteiger partial charge in [-0.3, -0.25) is 4.79 Å². The molecule has 0 aromatic carbocycles. The number of hydrogen-bond donors (Lipinski definition) is 0. The van der Waals surface area contributed by atoms with Crippen LogP contribution in [0.15, 0.2) is 24.3 Å². The minimum atomic E-state index is 0.972. The summed E-state index contributed by atoms with van der Waals surface area (Å²) >= 11 is 0. The average Bonchev–Trinajstić information content (AvgIpc) is 1.97. The molecule has 0 aromatic rings. The molecule has 1 nitrogen and oxygen atoms in total. The average molecular weight is 137 g/mol. The third-order valence-corrected chi connectivity index (χ3v) is 1.16. The van der Waals surface area contributed by atoms with Gasteiger partial charge in [0.1, 0.15) is 0 Å². The van der Waals surface area contributed by atoms with E-state index in [-0.39, 0.29) is 0 Å². The first kappa shape index (κ1) is 9.15. The summed E-state index contributed by atoms with van der Waals surface area (Å²) < 4.78 is 0. The molecule has 0 aromatic heterocycles. The van der Waals surface area contributed by atoms with Crippen LogP contribution in [-0.2, 0) is 4.79 Å². The van der Waals surface area contributed by atoms with Gasteiger partial charge in [0.05, 0.1) is 0 Å². The number of carbonyl (C=O) groups excluding carboxylic acids is 1. The van der Waals surface area contributed by atoms with Crippen molar-refractivity contribution in [2.75, 3.05) is 0 Å². The lowest BCUT2D eigenvalue weighted by Crippen LogP contribution is -1.68. The van der Waals surface area contributed by atoms with Gasteiger partial charge in [0.15, 0.2) is 0 Å². The van der Waals surface area contributed by atoms with Gasteiger partial charge in [-0.05, 0) is 32.3 Å². The summed E-state index contributed by atoms with van der Waals surface area (Å²) in [5.41, 5.74) is 0. The zero-order valence-electron chi connectivity index (χ0n) is 6.34. The standard InChI is InChI=1S/C9H13O/c1-2-3-4-5-6-7-8-9-10/h2-3,7-8H,4-6H2,1H3/b3-2+,8-7+. The molecule has 0 heterocycles. The predicted octanol–water partition coefficient (Wildman–Crippen LogP) is 2.40. The molecule has 55 valence electrons. The minimum Gasteiger partial charge on any atom is -0.286 e. The van der Waals surface area contributed by atoms with E-state index in [1.165, 1.54) is 6.08 Å². The fourth-order valence-electron chi connectivity index (χ4n) is 0.652. The van der Waals surface area contributed by atoms with Crippen LogP contribution < -0.4 is 0 Å². The van der Waals surface area contributed by atoms with E-state index in [4.69, 9.17) is 0 Å². The summed E-state index contributed by atoms with van der Waals surface area (Å²) in [5, 5.41) is 0. The lowest BCUT2D eigenvalue weighted by molar-refractivity contribution is 0.564. The molecule has 10 heavy (non-hydrogen) atoms. The van der Waals surface area contributed by atoms with Crippen molar-refractivity contribution >= 4 is 6.29 Å². The molecular formula is C9H13O. The number of allylic oxidation sites excluding steroid dienone is 4. The highest BCUT2D eigenvalue weighted by atomic mass is 16.1. The van der Waals surface area contributed by atoms with Crippen molar-refractivity contribution in [2.45, 2.75) is 26.2 Å². The zero-order chi connectivity index (χ0) is 7.66. The Morgan fingerprint density at radius 3 is 2.60 bits per heavy atom. The Morgan fingerprint density at radius 1 is 1.30 bits per heavy atom. The molecule has 0 fully saturated rings. The van der Waals surface area contributed by atoms with Gasteiger partial charge in [0.2, 0.25) is 6.29 Å². The van der Waals surface area contributed by atoms with Gasteiger partial charge in [-0.25, -0.2) is 0 Å². The van der Waals surface area contributed by atoms with Gasteiger partial charge in [-0.2, -0.15) is 0 Å². The summed E-state index contributed by atoms with van der Waals surface area (Å²) in [5.74, 6) is 0. The van der Waals surface area contributed by atoms with Crippen LogP contribution in [0.1, 0.15) is 26.2 Å². The Kier molecular flexibility index (Phi) is 7.46. The molecular weight excluding hydrogens is 124 g/mol. The van der Waals surface area contributed by atoms with E-state index in [1.807, 2.05) is 19.1 Å². The summed E-state index contributed by atoms with van der Waals surface area (Å²) in [6.07, 6.45) is 12.3. The van der Waals surface area contributed by atoms with Crippen molar-refractivity contribution in [3.8, 4) is 0 Å². The highest BCUT2D eigenvalue weighted by Crippen LogP contribution is 1.96. The molecule has 0 rings (SSSR count). The molecule has 0 aliphatic heterocycles. The van der Waals surface area contributed by atoms with Crippen molar-refractivity contribution in [1.82, 2.24) is 0 Å². The van der Waals surface area contributed by atoms with E-state index in [1.54, 1.807) is 6.29 Å². The Hall–Kier alpha value is -0.850. The van der Waals surface area contributed by atoms with Crippen molar-refractivity contribution < 1.29 is 4.79 Å². The molecule has 0 atom stereocenters. The quantitative estimate of drug-likeness (QED) is 0.323. The number of rotatable bonds is 5. The Morgan fingerprint density at radius 2 is 2.00 bits per heavy atom. The van der Waals surface area contributed by atoms with E-state index in [0.29, 0.717) is 0 Å². The minimum absolute atomic E-state index is 0.972. The van der Waals surface area contributed by atoms with Gasteiger partial charge in [0.25, 0.3) is 0 Å². The maximum Gasteiger partial charge on any atom is 0.225 e. The Balaban J connectivity index is 3.04. The van der Waals surface area contributed by atoms with Gasteiger partial charge in [-0.15, -0.1) is 0 Å². The number of hydrogen-bond acceptors (Lipinski definition) is 1. The van der Waals surface area contributed by atoms with Crippen LogP contribution in [0.5, 0.6) is 0 Å². The molecule has 0 saturated carbocycles. The highest BCUT2D eigenvalue weighted by molar-refractivity contribution is 5.65. The summed E-state index contributed by atoms with van der Waals surface area (Å²) in [4.78, 5) is 9.67. The van der Waals surface area contributed by atoms with E-state index in [0.717, 1.165) is 19.3 Å². The normalized spacial score (nSPS) is 11.3. The second-order valence-corrected chi connectivity index (χ2v) is 2.02. The van der Waals surface area contributed by atoms with Crippen LogP contribution in [0, 0.1) is 0 Å². The maximum atomic E-state index is 9.67. The first-order valence-corrected chi connectivity index (χ1v) is 3.55. The smallest absolute Gasteiger partial charge is 0.225 e. The molecule has 0 aliphatic carbocycles.